The van der Waals surface area contributed by atoms with Crippen molar-refractivity contribution in [1.82, 2.24) is 9.78 Å². The molecule has 0 radical (unpaired) electrons. The highest BCUT2D eigenvalue weighted by atomic mass is 127. The molecule has 0 unspecified atom stereocenters. The molecule has 0 aliphatic rings. The molecule has 0 saturated carbocycles. The smallest absolute Gasteiger partial charge is 0.358 e. The first-order chi connectivity index (χ1) is 6.69. The Morgan fingerprint density at radius 3 is 2.93 bits per heavy atom. The molecule has 0 aliphatic heterocycles. The molecule has 14 heavy (non-hydrogen) atoms. The van der Waals surface area contributed by atoms with Crippen molar-refractivity contribution in [2.45, 2.75) is 26.8 Å². The van der Waals surface area contributed by atoms with Crippen LogP contribution in [-0.4, -0.2) is 22.4 Å². The van der Waals surface area contributed by atoms with Crippen LogP contribution in [0.1, 0.15) is 30.8 Å². The SMILES string of the molecule is CCCn1nc(C(=O)OCC)cc1I. The summed E-state index contributed by atoms with van der Waals surface area (Å²) in [5.74, 6) is -0.347. The fourth-order valence-corrected chi connectivity index (χ4v) is 1.71. The van der Waals surface area contributed by atoms with Crippen LogP contribution in [0.25, 0.3) is 0 Å². The Morgan fingerprint density at radius 2 is 2.36 bits per heavy atom. The van der Waals surface area contributed by atoms with E-state index in [0.29, 0.717) is 12.3 Å². The lowest BCUT2D eigenvalue weighted by Crippen LogP contribution is -2.07. The van der Waals surface area contributed by atoms with Crippen molar-refractivity contribution >= 4 is 28.6 Å². The Balaban J connectivity index is 2.79. The number of esters is 1. The number of hydrogen-bond donors (Lipinski definition) is 0. The summed E-state index contributed by atoms with van der Waals surface area (Å²) in [6.07, 6.45) is 1.000. The zero-order valence-electron chi connectivity index (χ0n) is 8.29. The summed E-state index contributed by atoms with van der Waals surface area (Å²) in [7, 11) is 0. The second-order valence-corrected chi connectivity index (χ2v) is 3.90. The standard InChI is InChI=1S/C9H13IN2O2/c1-3-5-12-8(10)6-7(11-12)9(13)14-4-2/h6H,3-5H2,1-2H3. The van der Waals surface area contributed by atoms with Crippen molar-refractivity contribution in [2.24, 2.45) is 0 Å². The molecule has 0 atom stereocenters. The van der Waals surface area contributed by atoms with Crippen molar-refractivity contribution in [3.05, 3.63) is 15.5 Å². The maximum Gasteiger partial charge on any atom is 0.358 e. The highest BCUT2D eigenvalue weighted by Crippen LogP contribution is 2.09. The molecule has 1 heterocycles. The molecule has 0 N–H and O–H groups in total. The van der Waals surface area contributed by atoms with E-state index in [1.807, 2.05) is 4.68 Å². The topological polar surface area (TPSA) is 44.1 Å². The van der Waals surface area contributed by atoms with Gasteiger partial charge in [0.2, 0.25) is 0 Å². The average Bonchev–Trinajstić information content (AvgIpc) is 2.49. The minimum Gasteiger partial charge on any atom is -0.461 e. The molecule has 0 amide bonds. The van der Waals surface area contributed by atoms with Crippen LogP contribution < -0.4 is 0 Å². The van der Waals surface area contributed by atoms with Gasteiger partial charge in [0, 0.05) is 12.6 Å². The summed E-state index contributed by atoms with van der Waals surface area (Å²) >= 11 is 2.16. The quantitative estimate of drug-likeness (QED) is 0.632. The monoisotopic (exact) mass is 308 g/mol. The molecule has 1 aromatic heterocycles. The predicted molar refractivity (Wildman–Crippen MR) is 61.2 cm³/mol. The van der Waals surface area contributed by atoms with Gasteiger partial charge >= 0.3 is 5.97 Å². The molecular formula is C9H13IN2O2. The molecule has 0 saturated heterocycles. The van der Waals surface area contributed by atoms with Crippen LogP contribution in [0.4, 0.5) is 0 Å². The molecule has 0 bridgehead atoms. The van der Waals surface area contributed by atoms with Gasteiger partial charge in [0.15, 0.2) is 5.69 Å². The summed E-state index contributed by atoms with van der Waals surface area (Å²) in [5.41, 5.74) is 0.393. The Bertz CT molecular complexity index is 323. The maximum atomic E-state index is 11.3. The lowest BCUT2D eigenvalue weighted by Gasteiger charge is -1.99. The van der Waals surface area contributed by atoms with E-state index in [1.165, 1.54) is 0 Å². The predicted octanol–water partition coefficient (Wildman–Crippen LogP) is 2.07. The van der Waals surface area contributed by atoms with Gasteiger partial charge in [0.25, 0.3) is 0 Å². The number of aromatic nitrogens is 2. The maximum absolute atomic E-state index is 11.3. The van der Waals surface area contributed by atoms with Gasteiger partial charge < -0.3 is 4.74 Å². The van der Waals surface area contributed by atoms with Crippen LogP contribution in [-0.2, 0) is 11.3 Å². The third-order valence-corrected chi connectivity index (χ3v) is 2.52. The summed E-state index contributed by atoms with van der Waals surface area (Å²) in [5, 5.41) is 4.15. The first-order valence-electron chi connectivity index (χ1n) is 4.59. The third-order valence-electron chi connectivity index (χ3n) is 1.65. The summed E-state index contributed by atoms with van der Waals surface area (Å²) < 4.78 is 7.63. The fourth-order valence-electron chi connectivity index (χ4n) is 1.07. The van der Waals surface area contributed by atoms with Crippen LogP contribution in [0.5, 0.6) is 0 Å². The van der Waals surface area contributed by atoms with Crippen LogP contribution >= 0.6 is 22.6 Å². The number of carbonyl (C=O) groups excluding carboxylic acids is 1. The average molecular weight is 308 g/mol. The molecule has 0 spiro atoms. The van der Waals surface area contributed by atoms with Crippen molar-refractivity contribution < 1.29 is 9.53 Å². The molecule has 0 aliphatic carbocycles. The number of carbonyl (C=O) groups is 1. The number of nitrogens with zero attached hydrogens (tertiary/aromatic N) is 2. The highest BCUT2D eigenvalue weighted by molar-refractivity contribution is 14.1. The number of hydrogen-bond acceptors (Lipinski definition) is 3. The van der Waals surface area contributed by atoms with Gasteiger partial charge in [-0.3, -0.25) is 4.68 Å². The van der Waals surface area contributed by atoms with Crippen molar-refractivity contribution in [2.75, 3.05) is 6.61 Å². The van der Waals surface area contributed by atoms with Gasteiger partial charge in [-0.25, -0.2) is 4.79 Å². The number of halogens is 1. The largest absolute Gasteiger partial charge is 0.461 e. The zero-order valence-corrected chi connectivity index (χ0v) is 10.4. The Hall–Kier alpha value is -0.590. The van der Waals surface area contributed by atoms with Gasteiger partial charge in [-0.1, -0.05) is 6.92 Å². The van der Waals surface area contributed by atoms with Crippen LogP contribution in [0.3, 0.4) is 0 Å². The number of ether oxygens (including phenoxy) is 1. The summed E-state index contributed by atoms with van der Waals surface area (Å²) in [6.45, 7) is 5.07. The molecule has 1 rings (SSSR count). The third kappa shape index (κ3) is 2.70. The molecule has 5 heteroatoms. The minimum atomic E-state index is -0.347. The van der Waals surface area contributed by atoms with E-state index in [0.717, 1.165) is 16.7 Å². The molecule has 0 fully saturated rings. The lowest BCUT2D eigenvalue weighted by atomic mass is 10.4. The van der Waals surface area contributed by atoms with E-state index in [-0.39, 0.29) is 5.97 Å². The second-order valence-electron chi connectivity index (χ2n) is 2.80. The van der Waals surface area contributed by atoms with E-state index in [4.69, 9.17) is 4.74 Å². The van der Waals surface area contributed by atoms with E-state index >= 15 is 0 Å². The van der Waals surface area contributed by atoms with E-state index in [9.17, 15) is 4.79 Å². The van der Waals surface area contributed by atoms with Gasteiger partial charge in [0.1, 0.15) is 0 Å². The first-order valence-corrected chi connectivity index (χ1v) is 5.67. The minimum absolute atomic E-state index is 0.347. The molecular weight excluding hydrogens is 295 g/mol. The molecule has 78 valence electrons. The van der Waals surface area contributed by atoms with Gasteiger partial charge in [-0.15, -0.1) is 0 Å². The Morgan fingerprint density at radius 1 is 1.64 bits per heavy atom. The summed E-state index contributed by atoms with van der Waals surface area (Å²) in [4.78, 5) is 11.3. The van der Waals surface area contributed by atoms with Gasteiger partial charge in [0.05, 0.1) is 10.3 Å². The highest BCUT2D eigenvalue weighted by Gasteiger charge is 2.12. The Kier molecular flexibility index (Phi) is 4.37. The normalized spacial score (nSPS) is 10.2. The van der Waals surface area contributed by atoms with E-state index in [1.54, 1.807) is 13.0 Å². The van der Waals surface area contributed by atoms with Gasteiger partial charge in [-0.05, 0) is 35.9 Å². The Labute approximate surface area is 96.8 Å². The van der Waals surface area contributed by atoms with Crippen LogP contribution in [0.15, 0.2) is 6.07 Å². The first kappa shape index (κ1) is 11.5. The lowest BCUT2D eigenvalue weighted by molar-refractivity contribution is 0.0518. The zero-order chi connectivity index (χ0) is 10.6. The number of rotatable bonds is 4. The second kappa shape index (κ2) is 5.33. The van der Waals surface area contributed by atoms with Crippen LogP contribution in [0, 0.1) is 3.70 Å². The molecule has 1 aromatic rings. The molecule has 0 aromatic carbocycles. The van der Waals surface area contributed by atoms with Crippen molar-refractivity contribution in [3.63, 3.8) is 0 Å². The summed E-state index contributed by atoms with van der Waals surface area (Å²) in [6, 6.07) is 1.74. The van der Waals surface area contributed by atoms with Crippen molar-refractivity contribution in [1.29, 1.82) is 0 Å². The van der Waals surface area contributed by atoms with Crippen LogP contribution in [0.2, 0.25) is 0 Å². The molecule has 4 nitrogen and oxygen atoms in total. The number of aryl methyl sites for hydroxylation is 1. The van der Waals surface area contributed by atoms with E-state index < -0.39 is 0 Å². The van der Waals surface area contributed by atoms with E-state index in [2.05, 4.69) is 34.6 Å². The fraction of sp³-hybridized carbons (Fsp3) is 0.556. The van der Waals surface area contributed by atoms with Gasteiger partial charge in [-0.2, -0.15) is 5.10 Å². The van der Waals surface area contributed by atoms with Crippen molar-refractivity contribution in [3.8, 4) is 0 Å².